The summed E-state index contributed by atoms with van der Waals surface area (Å²) < 4.78 is 0. The molecule has 1 N–H and O–H groups in total. The molecule has 18 heavy (non-hydrogen) atoms. The standard InChI is InChI=1S/C16H29NS/c1-5-12-17-15(9-7-8-13(3)4)16-11-10-14(6-2)18-16/h10-11,13,15,17H,5-9,12H2,1-4H3. The second-order valence-electron chi connectivity index (χ2n) is 5.49. The van der Waals surface area contributed by atoms with Gasteiger partial charge in [0.25, 0.3) is 0 Å². The zero-order valence-corrected chi connectivity index (χ0v) is 13.3. The summed E-state index contributed by atoms with van der Waals surface area (Å²) in [6.07, 6.45) is 6.33. The van der Waals surface area contributed by atoms with Crippen molar-refractivity contribution in [2.24, 2.45) is 5.92 Å². The van der Waals surface area contributed by atoms with Gasteiger partial charge in [0.2, 0.25) is 0 Å². The van der Waals surface area contributed by atoms with Crippen molar-refractivity contribution < 1.29 is 0 Å². The van der Waals surface area contributed by atoms with Gasteiger partial charge >= 0.3 is 0 Å². The maximum atomic E-state index is 3.71. The Bertz CT molecular complexity index is 317. The van der Waals surface area contributed by atoms with Crippen LogP contribution in [0, 0.1) is 5.92 Å². The number of nitrogens with one attached hydrogen (secondary N) is 1. The molecule has 104 valence electrons. The summed E-state index contributed by atoms with van der Waals surface area (Å²) in [5.74, 6) is 0.825. The molecule has 0 amide bonds. The Kier molecular flexibility index (Phi) is 7.60. The Labute approximate surface area is 117 Å². The van der Waals surface area contributed by atoms with E-state index in [-0.39, 0.29) is 0 Å². The van der Waals surface area contributed by atoms with Gasteiger partial charge < -0.3 is 5.32 Å². The van der Waals surface area contributed by atoms with Crippen LogP contribution in [0.3, 0.4) is 0 Å². The average molecular weight is 267 g/mol. The van der Waals surface area contributed by atoms with E-state index in [1.165, 1.54) is 35.4 Å². The van der Waals surface area contributed by atoms with Gasteiger partial charge in [-0.05, 0) is 43.9 Å². The lowest BCUT2D eigenvalue weighted by molar-refractivity contribution is 0.452. The first-order chi connectivity index (χ1) is 8.67. The van der Waals surface area contributed by atoms with E-state index in [0.717, 1.165) is 18.9 Å². The molecule has 0 bridgehead atoms. The van der Waals surface area contributed by atoms with Crippen LogP contribution in [0.1, 0.15) is 69.2 Å². The molecular formula is C16H29NS. The third-order valence-corrected chi connectivity index (χ3v) is 4.63. The monoisotopic (exact) mass is 267 g/mol. The SMILES string of the molecule is CCCNC(CCCC(C)C)c1ccc(CC)s1. The zero-order valence-electron chi connectivity index (χ0n) is 12.5. The van der Waals surface area contributed by atoms with Crippen LogP contribution in [0.5, 0.6) is 0 Å². The van der Waals surface area contributed by atoms with E-state index in [2.05, 4.69) is 45.1 Å². The Morgan fingerprint density at radius 1 is 1.17 bits per heavy atom. The molecule has 1 heterocycles. The van der Waals surface area contributed by atoms with E-state index in [1.54, 1.807) is 0 Å². The minimum Gasteiger partial charge on any atom is -0.309 e. The first-order valence-corrected chi connectivity index (χ1v) is 8.31. The normalized spacial score (nSPS) is 13.2. The topological polar surface area (TPSA) is 12.0 Å². The second kappa shape index (κ2) is 8.71. The molecule has 0 saturated carbocycles. The molecule has 0 fully saturated rings. The lowest BCUT2D eigenvalue weighted by Gasteiger charge is -2.17. The average Bonchev–Trinajstić information content (AvgIpc) is 2.81. The molecule has 1 unspecified atom stereocenters. The minimum absolute atomic E-state index is 0.578. The summed E-state index contributed by atoms with van der Waals surface area (Å²) in [6.45, 7) is 10.2. The predicted molar refractivity (Wildman–Crippen MR) is 83.4 cm³/mol. The Morgan fingerprint density at radius 2 is 1.94 bits per heavy atom. The van der Waals surface area contributed by atoms with Crippen molar-refractivity contribution in [3.63, 3.8) is 0 Å². The minimum atomic E-state index is 0.578. The highest BCUT2D eigenvalue weighted by Gasteiger charge is 2.12. The van der Waals surface area contributed by atoms with Crippen LogP contribution >= 0.6 is 11.3 Å². The molecule has 2 heteroatoms. The molecule has 0 aliphatic rings. The van der Waals surface area contributed by atoms with Gasteiger partial charge in [0, 0.05) is 15.8 Å². The third kappa shape index (κ3) is 5.53. The first kappa shape index (κ1) is 15.7. The molecule has 1 aromatic heterocycles. The van der Waals surface area contributed by atoms with Gasteiger partial charge in [-0.2, -0.15) is 0 Å². The van der Waals surface area contributed by atoms with Gasteiger partial charge in [0.1, 0.15) is 0 Å². The Morgan fingerprint density at radius 3 is 2.50 bits per heavy atom. The van der Waals surface area contributed by atoms with Crippen LogP contribution in [0.15, 0.2) is 12.1 Å². The Hall–Kier alpha value is -0.340. The predicted octanol–water partition coefficient (Wildman–Crippen LogP) is 5.18. The van der Waals surface area contributed by atoms with Crippen molar-refractivity contribution in [2.45, 2.75) is 65.8 Å². The van der Waals surface area contributed by atoms with Crippen LogP contribution in [0.4, 0.5) is 0 Å². The molecule has 0 aliphatic carbocycles. The highest BCUT2D eigenvalue weighted by molar-refractivity contribution is 7.12. The summed E-state index contributed by atoms with van der Waals surface area (Å²) in [7, 11) is 0. The summed E-state index contributed by atoms with van der Waals surface area (Å²) in [5, 5.41) is 3.71. The van der Waals surface area contributed by atoms with Crippen LogP contribution in [0.2, 0.25) is 0 Å². The number of thiophene rings is 1. The van der Waals surface area contributed by atoms with E-state index >= 15 is 0 Å². The fourth-order valence-electron chi connectivity index (χ4n) is 2.17. The van der Waals surface area contributed by atoms with E-state index in [0.29, 0.717) is 6.04 Å². The van der Waals surface area contributed by atoms with Gasteiger partial charge in [-0.3, -0.25) is 0 Å². The lowest BCUT2D eigenvalue weighted by Crippen LogP contribution is -2.21. The third-order valence-electron chi connectivity index (χ3n) is 3.29. The van der Waals surface area contributed by atoms with Crippen LogP contribution in [-0.4, -0.2) is 6.54 Å². The van der Waals surface area contributed by atoms with Crippen molar-refractivity contribution in [3.05, 3.63) is 21.9 Å². The molecule has 0 aliphatic heterocycles. The number of hydrogen-bond donors (Lipinski definition) is 1. The quantitative estimate of drug-likeness (QED) is 0.650. The van der Waals surface area contributed by atoms with E-state index in [4.69, 9.17) is 0 Å². The molecule has 0 radical (unpaired) electrons. The maximum absolute atomic E-state index is 3.71. The van der Waals surface area contributed by atoms with Crippen molar-refractivity contribution in [3.8, 4) is 0 Å². The summed E-state index contributed by atoms with van der Waals surface area (Å²) in [6, 6.07) is 5.20. The van der Waals surface area contributed by atoms with Crippen molar-refractivity contribution in [1.82, 2.24) is 5.32 Å². The largest absolute Gasteiger partial charge is 0.309 e. The maximum Gasteiger partial charge on any atom is 0.0414 e. The first-order valence-electron chi connectivity index (χ1n) is 7.49. The second-order valence-corrected chi connectivity index (χ2v) is 6.69. The van der Waals surface area contributed by atoms with Gasteiger partial charge in [0.05, 0.1) is 0 Å². The Balaban J connectivity index is 2.53. The number of rotatable bonds is 9. The fraction of sp³-hybridized carbons (Fsp3) is 0.750. The molecule has 1 rings (SSSR count). The van der Waals surface area contributed by atoms with Crippen molar-refractivity contribution in [1.29, 1.82) is 0 Å². The van der Waals surface area contributed by atoms with E-state index in [1.807, 2.05) is 11.3 Å². The van der Waals surface area contributed by atoms with Crippen molar-refractivity contribution >= 4 is 11.3 Å². The zero-order chi connectivity index (χ0) is 13.4. The molecule has 0 aromatic carbocycles. The van der Waals surface area contributed by atoms with Crippen LogP contribution in [0.25, 0.3) is 0 Å². The lowest BCUT2D eigenvalue weighted by atomic mass is 10.0. The van der Waals surface area contributed by atoms with Gasteiger partial charge in [-0.1, -0.05) is 40.5 Å². The van der Waals surface area contributed by atoms with E-state index < -0.39 is 0 Å². The molecule has 1 atom stereocenters. The fourth-order valence-corrected chi connectivity index (χ4v) is 3.23. The van der Waals surface area contributed by atoms with Gasteiger partial charge in [0.15, 0.2) is 0 Å². The van der Waals surface area contributed by atoms with Gasteiger partial charge in [-0.25, -0.2) is 0 Å². The van der Waals surface area contributed by atoms with Gasteiger partial charge in [-0.15, -0.1) is 11.3 Å². The number of hydrogen-bond acceptors (Lipinski definition) is 2. The van der Waals surface area contributed by atoms with Crippen LogP contribution < -0.4 is 5.32 Å². The van der Waals surface area contributed by atoms with E-state index in [9.17, 15) is 0 Å². The molecule has 0 saturated heterocycles. The molecule has 1 nitrogen and oxygen atoms in total. The highest BCUT2D eigenvalue weighted by atomic mass is 32.1. The summed E-state index contributed by atoms with van der Waals surface area (Å²) >= 11 is 1.99. The summed E-state index contributed by atoms with van der Waals surface area (Å²) in [4.78, 5) is 3.04. The smallest absolute Gasteiger partial charge is 0.0414 e. The molecule has 0 spiro atoms. The van der Waals surface area contributed by atoms with Crippen LogP contribution in [-0.2, 0) is 6.42 Å². The summed E-state index contributed by atoms with van der Waals surface area (Å²) in [5.41, 5.74) is 0. The molecular weight excluding hydrogens is 238 g/mol. The van der Waals surface area contributed by atoms with Crippen molar-refractivity contribution in [2.75, 3.05) is 6.54 Å². The highest BCUT2D eigenvalue weighted by Crippen LogP contribution is 2.28. The molecule has 1 aromatic rings. The number of aryl methyl sites for hydroxylation is 1.